The van der Waals surface area contributed by atoms with Gasteiger partial charge >= 0.3 is 0 Å². The second-order valence-electron chi connectivity index (χ2n) is 1.08. The fraction of sp³-hybridized carbons (Fsp3) is 0.333. The van der Waals surface area contributed by atoms with Crippen LogP contribution in [0.1, 0.15) is 0 Å². The SMILES string of the molecule is C=CCSP(O)(O)=S.OS.[Mo]. The first-order valence-corrected chi connectivity index (χ1v) is 6.77. The van der Waals surface area contributed by atoms with Crippen molar-refractivity contribution in [3.05, 3.63) is 12.7 Å². The monoisotopic (exact) mass is 318 g/mol. The maximum absolute atomic E-state index is 8.55. The molecule has 0 saturated heterocycles. The summed E-state index contributed by atoms with van der Waals surface area (Å²) in [6, 6.07) is 0. The summed E-state index contributed by atoms with van der Waals surface area (Å²) in [6.45, 7) is 3.39. The van der Waals surface area contributed by atoms with E-state index in [2.05, 4.69) is 31.3 Å². The van der Waals surface area contributed by atoms with Crippen LogP contribution in [-0.4, -0.2) is 20.1 Å². The summed E-state index contributed by atoms with van der Waals surface area (Å²) in [6.07, 6.45) is 1.58. The zero-order valence-electron chi connectivity index (χ0n) is 5.45. The van der Waals surface area contributed by atoms with Crippen molar-refractivity contribution in [1.29, 1.82) is 0 Å². The molecular formula is C3H9MoO3PS3. The van der Waals surface area contributed by atoms with Crippen molar-refractivity contribution in [3.8, 4) is 0 Å². The Kier molecular flexibility index (Phi) is 19.5. The Morgan fingerprint density at radius 2 is 1.91 bits per heavy atom. The van der Waals surface area contributed by atoms with Gasteiger partial charge in [0.15, 0.2) is 0 Å². The van der Waals surface area contributed by atoms with E-state index in [-0.39, 0.29) is 21.1 Å². The van der Waals surface area contributed by atoms with Gasteiger partial charge < -0.3 is 14.3 Å². The van der Waals surface area contributed by atoms with Gasteiger partial charge in [-0.2, -0.15) is 0 Å². The summed E-state index contributed by atoms with van der Waals surface area (Å²) in [7, 11) is 0. The summed E-state index contributed by atoms with van der Waals surface area (Å²) < 4.78 is 6.69. The average Bonchev–Trinajstić information content (AvgIpc) is 1.87. The van der Waals surface area contributed by atoms with E-state index < -0.39 is 5.69 Å². The molecule has 3 N–H and O–H groups in total. The number of rotatable bonds is 3. The molecule has 3 nitrogen and oxygen atoms in total. The Morgan fingerprint density at radius 1 is 1.55 bits per heavy atom. The molecule has 8 heteroatoms. The number of hydrogen-bond acceptors (Lipinski definition) is 4. The van der Waals surface area contributed by atoms with E-state index in [4.69, 9.17) is 14.3 Å². The Labute approximate surface area is 95.1 Å². The maximum atomic E-state index is 8.55. The van der Waals surface area contributed by atoms with Crippen LogP contribution in [0, 0.1) is 0 Å². The first-order chi connectivity index (χ1) is 4.56. The topological polar surface area (TPSA) is 60.7 Å². The molecule has 0 aliphatic heterocycles. The largest absolute Gasteiger partial charge is 0.338 e. The molecule has 0 aliphatic carbocycles. The van der Waals surface area contributed by atoms with E-state index in [1.807, 2.05) is 0 Å². The Morgan fingerprint density at radius 3 is 2.00 bits per heavy atom. The molecule has 0 spiro atoms. The summed E-state index contributed by atoms with van der Waals surface area (Å²) >= 11 is 7.77. The quantitative estimate of drug-likeness (QED) is 0.209. The van der Waals surface area contributed by atoms with Crippen molar-refractivity contribution in [2.75, 3.05) is 5.75 Å². The predicted molar refractivity (Wildman–Crippen MR) is 53.0 cm³/mol. The average molecular weight is 316 g/mol. The second kappa shape index (κ2) is 11.7. The van der Waals surface area contributed by atoms with Gasteiger partial charge in [0.2, 0.25) is 5.69 Å². The maximum Gasteiger partial charge on any atom is 0.242 e. The summed E-state index contributed by atoms with van der Waals surface area (Å²) in [5.74, 6) is 0.504. The first kappa shape index (κ1) is 18.4. The molecule has 0 radical (unpaired) electrons. The zero-order chi connectivity index (χ0) is 8.62. The molecule has 0 aromatic rings. The molecule has 0 unspecified atom stereocenters. The van der Waals surface area contributed by atoms with Gasteiger partial charge in [0.05, 0.1) is 0 Å². The van der Waals surface area contributed by atoms with Gasteiger partial charge in [-0.3, -0.25) is 0 Å². The van der Waals surface area contributed by atoms with Crippen LogP contribution in [0.4, 0.5) is 0 Å². The molecule has 0 amide bonds. The molecule has 0 rings (SSSR count). The third-order valence-electron chi connectivity index (χ3n) is 0.361. The van der Waals surface area contributed by atoms with Crippen molar-refractivity contribution >= 4 is 41.8 Å². The van der Waals surface area contributed by atoms with Crippen molar-refractivity contribution in [2.24, 2.45) is 0 Å². The minimum Gasteiger partial charge on any atom is -0.338 e. The minimum atomic E-state index is -3.00. The molecule has 0 aliphatic rings. The van der Waals surface area contributed by atoms with Gasteiger partial charge in [-0.1, -0.05) is 17.5 Å². The first-order valence-electron chi connectivity index (χ1n) is 2.07. The van der Waals surface area contributed by atoms with Crippen molar-refractivity contribution < 1.29 is 35.4 Å². The van der Waals surface area contributed by atoms with Crippen molar-refractivity contribution in [2.45, 2.75) is 0 Å². The number of thiol groups is 1. The van der Waals surface area contributed by atoms with Crippen molar-refractivity contribution in [3.63, 3.8) is 0 Å². The van der Waals surface area contributed by atoms with Crippen LogP contribution in [-0.2, 0) is 32.9 Å². The van der Waals surface area contributed by atoms with Crippen LogP contribution < -0.4 is 0 Å². The zero-order valence-corrected chi connectivity index (χ0v) is 10.9. The molecule has 0 saturated carbocycles. The van der Waals surface area contributed by atoms with E-state index in [0.29, 0.717) is 5.75 Å². The Bertz CT molecular complexity index is 127. The molecule has 68 valence electrons. The van der Waals surface area contributed by atoms with Gasteiger partial charge in [0.1, 0.15) is 0 Å². The van der Waals surface area contributed by atoms with Crippen LogP contribution >= 0.6 is 30.0 Å². The van der Waals surface area contributed by atoms with Crippen LogP contribution in [0.3, 0.4) is 0 Å². The fourth-order valence-corrected chi connectivity index (χ4v) is 1.90. The summed E-state index contributed by atoms with van der Waals surface area (Å²) in [5.41, 5.74) is -3.00. The molecule has 0 bridgehead atoms. The van der Waals surface area contributed by atoms with Crippen LogP contribution in [0.5, 0.6) is 0 Å². The van der Waals surface area contributed by atoms with E-state index in [1.165, 1.54) is 0 Å². The molecular weight excluding hydrogens is 307 g/mol. The molecule has 0 atom stereocenters. The van der Waals surface area contributed by atoms with Gasteiger partial charge in [0.25, 0.3) is 0 Å². The molecule has 0 heterocycles. The third kappa shape index (κ3) is 24.5. The van der Waals surface area contributed by atoms with E-state index in [0.717, 1.165) is 11.4 Å². The third-order valence-corrected chi connectivity index (χ3v) is 3.49. The summed E-state index contributed by atoms with van der Waals surface area (Å²) in [4.78, 5) is 17.1. The van der Waals surface area contributed by atoms with Gasteiger partial charge in [0, 0.05) is 26.8 Å². The van der Waals surface area contributed by atoms with Crippen LogP contribution in [0.25, 0.3) is 0 Å². The second-order valence-corrected chi connectivity index (χ2v) is 7.17. The fourth-order valence-electron chi connectivity index (χ4n) is 0.150. The summed E-state index contributed by atoms with van der Waals surface area (Å²) in [5, 5.41) is 0. The minimum absolute atomic E-state index is 0. The molecule has 0 aromatic heterocycles. The van der Waals surface area contributed by atoms with Crippen molar-refractivity contribution in [1.82, 2.24) is 0 Å². The molecule has 0 aromatic carbocycles. The number of hydrogen-bond donors (Lipinski definition) is 4. The van der Waals surface area contributed by atoms with E-state index in [9.17, 15) is 0 Å². The van der Waals surface area contributed by atoms with Crippen LogP contribution in [0.15, 0.2) is 12.7 Å². The normalized spacial score (nSPS) is 8.73. The van der Waals surface area contributed by atoms with E-state index >= 15 is 0 Å². The molecule has 0 fully saturated rings. The molecule has 11 heavy (non-hydrogen) atoms. The smallest absolute Gasteiger partial charge is 0.242 e. The predicted octanol–water partition coefficient (Wildman–Crippen LogP) is 1.50. The Balaban J connectivity index is -0.000000196. The Hall–Kier alpha value is 1.66. The van der Waals surface area contributed by atoms with Gasteiger partial charge in [-0.15, -0.1) is 6.58 Å². The van der Waals surface area contributed by atoms with Gasteiger partial charge in [-0.05, 0) is 24.7 Å². The van der Waals surface area contributed by atoms with E-state index in [1.54, 1.807) is 6.08 Å². The van der Waals surface area contributed by atoms with Gasteiger partial charge in [-0.25, -0.2) is 0 Å². The standard InChI is InChI=1S/C3H7O2PS2.Mo.H2OS/c1-2-3-8-6(4,5)7;;1-2/h2H,1,3H2,(H2,4,5,7);;1-2H. The van der Waals surface area contributed by atoms with Crippen LogP contribution in [0.2, 0.25) is 0 Å².